The molecule has 6 atom stereocenters. The summed E-state index contributed by atoms with van der Waals surface area (Å²) < 4.78 is 13.0. The van der Waals surface area contributed by atoms with Crippen LogP contribution < -0.4 is 4.74 Å². The maximum atomic E-state index is 11.9. The maximum Gasteiger partial charge on any atom is 0.133 e. The van der Waals surface area contributed by atoms with Crippen molar-refractivity contribution >= 4 is 5.78 Å². The summed E-state index contributed by atoms with van der Waals surface area (Å²) in [4.78, 5) is 11.9. The first kappa shape index (κ1) is 21.3. The van der Waals surface area contributed by atoms with E-state index in [1.807, 2.05) is 6.07 Å². The summed E-state index contributed by atoms with van der Waals surface area (Å²) in [5.74, 6) is 1.81. The highest BCUT2D eigenvalue weighted by Gasteiger charge is 2.67. The van der Waals surface area contributed by atoms with E-state index in [2.05, 4.69) is 27.7 Å². The van der Waals surface area contributed by atoms with Gasteiger partial charge < -0.3 is 19.7 Å². The second kappa shape index (κ2) is 6.71. The molecule has 2 aliphatic heterocycles. The molecule has 31 heavy (non-hydrogen) atoms. The van der Waals surface area contributed by atoms with E-state index in [0.29, 0.717) is 31.3 Å². The van der Waals surface area contributed by atoms with E-state index < -0.39 is 5.60 Å². The number of carbonyl (C=O) groups excluding carboxylic acids is 1. The maximum absolute atomic E-state index is 11.9. The third kappa shape index (κ3) is 2.72. The van der Waals surface area contributed by atoms with Crippen molar-refractivity contribution in [1.29, 1.82) is 0 Å². The van der Waals surface area contributed by atoms with Crippen molar-refractivity contribution in [2.75, 3.05) is 0 Å². The van der Waals surface area contributed by atoms with E-state index in [1.54, 1.807) is 6.92 Å². The molecule has 0 unspecified atom stereocenters. The summed E-state index contributed by atoms with van der Waals surface area (Å²) in [6.07, 6.45) is 4.22. The fraction of sp³-hybridized carbons (Fsp3) is 0.731. The normalized spacial score (nSPS) is 40.2. The number of aromatic hydroxyl groups is 1. The number of hydrogen-bond acceptors (Lipinski definition) is 5. The average molecular weight is 429 g/mol. The molecule has 0 aromatic heterocycles. The van der Waals surface area contributed by atoms with Crippen LogP contribution >= 0.6 is 0 Å². The smallest absolute Gasteiger partial charge is 0.133 e. The van der Waals surface area contributed by atoms with Gasteiger partial charge in [0.1, 0.15) is 22.9 Å². The molecule has 5 nitrogen and oxygen atoms in total. The van der Waals surface area contributed by atoms with E-state index in [1.165, 1.54) is 0 Å². The van der Waals surface area contributed by atoms with Crippen molar-refractivity contribution < 1.29 is 24.5 Å². The van der Waals surface area contributed by atoms with Gasteiger partial charge in [-0.15, -0.1) is 0 Å². The van der Waals surface area contributed by atoms with E-state index >= 15 is 0 Å². The summed E-state index contributed by atoms with van der Waals surface area (Å²) >= 11 is 0. The van der Waals surface area contributed by atoms with Gasteiger partial charge in [0.25, 0.3) is 0 Å². The third-order valence-electron chi connectivity index (χ3n) is 9.56. The molecule has 5 rings (SSSR count). The molecule has 2 fully saturated rings. The Hall–Kier alpha value is -1.59. The molecular weight excluding hydrogens is 392 g/mol. The van der Waals surface area contributed by atoms with Crippen LogP contribution in [0, 0.1) is 22.7 Å². The molecule has 5 heteroatoms. The van der Waals surface area contributed by atoms with Crippen molar-refractivity contribution in [2.24, 2.45) is 22.7 Å². The SMILES string of the molecule is CC(=O)C[C@H]1OCc2cc(O)c3c(c21)O[C@]1(C3)[C@H](C)CC[C@H]2C(C)(C)[C@H](O)CC[C@@]21C. The van der Waals surface area contributed by atoms with Gasteiger partial charge in [-0.25, -0.2) is 0 Å². The number of benzene rings is 1. The van der Waals surface area contributed by atoms with E-state index in [0.717, 1.165) is 48.1 Å². The van der Waals surface area contributed by atoms with Gasteiger partial charge in [0.05, 0.1) is 18.8 Å². The average Bonchev–Trinajstić information content (AvgIpc) is 3.26. The molecule has 1 aromatic carbocycles. The topological polar surface area (TPSA) is 76.0 Å². The molecule has 2 N–H and O–H groups in total. The van der Waals surface area contributed by atoms with Gasteiger partial charge in [0.2, 0.25) is 0 Å². The minimum atomic E-state index is -0.425. The first-order valence-electron chi connectivity index (χ1n) is 11.9. The minimum absolute atomic E-state index is 0.0912. The number of phenols is 1. The minimum Gasteiger partial charge on any atom is -0.508 e. The van der Waals surface area contributed by atoms with Crippen LogP contribution in [0.5, 0.6) is 11.5 Å². The van der Waals surface area contributed by atoms with Crippen LogP contribution in [0.2, 0.25) is 0 Å². The van der Waals surface area contributed by atoms with Crippen LogP contribution in [0.4, 0.5) is 0 Å². The van der Waals surface area contributed by atoms with Crippen LogP contribution in [-0.4, -0.2) is 27.7 Å². The predicted octanol–water partition coefficient (Wildman–Crippen LogP) is 4.85. The predicted molar refractivity (Wildman–Crippen MR) is 117 cm³/mol. The zero-order chi connectivity index (χ0) is 22.3. The van der Waals surface area contributed by atoms with Gasteiger partial charge in [-0.3, -0.25) is 4.79 Å². The van der Waals surface area contributed by atoms with Gasteiger partial charge >= 0.3 is 0 Å². The molecule has 0 bridgehead atoms. The Morgan fingerprint density at radius 3 is 2.68 bits per heavy atom. The first-order chi connectivity index (χ1) is 14.5. The summed E-state index contributed by atoms with van der Waals surface area (Å²) in [5, 5.41) is 21.8. The molecule has 0 radical (unpaired) electrons. The fourth-order valence-electron chi connectivity index (χ4n) is 7.73. The summed E-state index contributed by atoms with van der Waals surface area (Å²) in [7, 11) is 0. The van der Waals surface area contributed by atoms with Crippen molar-refractivity contribution in [3.05, 3.63) is 22.8 Å². The fourth-order valence-corrected chi connectivity index (χ4v) is 7.73. The number of aliphatic hydroxyl groups excluding tert-OH is 1. The zero-order valence-electron chi connectivity index (χ0n) is 19.5. The summed E-state index contributed by atoms with van der Waals surface area (Å²) in [5.41, 5.74) is 2.06. The molecule has 2 saturated carbocycles. The molecule has 1 spiro atoms. The molecular formula is C26H36O5. The number of carbonyl (C=O) groups is 1. The molecule has 2 aliphatic carbocycles. The lowest BCUT2D eigenvalue weighted by molar-refractivity contribution is -0.210. The van der Waals surface area contributed by atoms with Crippen molar-refractivity contribution in [3.8, 4) is 11.5 Å². The number of aliphatic hydroxyl groups is 1. The number of Topliss-reactive ketones (excluding diaryl/α,β-unsaturated/α-hetero) is 1. The second-order valence-corrected chi connectivity index (χ2v) is 11.5. The molecule has 4 aliphatic rings. The van der Waals surface area contributed by atoms with Crippen molar-refractivity contribution in [3.63, 3.8) is 0 Å². The third-order valence-corrected chi connectivity index (χ3v) is 9.56. The van der Waals surface area contributed by atoms with E-state index in [4.69, 9.17) is 9.47 Å². The standard InChI is InChI=1S/C26H36O5/c1-14-6-7-20-24(3,4)21(29)8-9-25(20,5)26(14)12-17-18(28)11-16-13-30-19(10-15(2)27)22(16)23(17)31-26/h11,14,19-21,28-29H,6-10,12-13H2,1-5H3/t14-,19-,20+,21-,25+,26-/m1/s1. The second-order valence-electron chi connectivity index (χ2n) is 11.5. The highest BCUT2D eigenvalue weighted by Crippen LogP contribution is 2.67. The number of hydrogen-bond donors (Lipinski definition) is 2. The zero-order valence-corrected chi connectivity index (χ0v) is 19.5. The van der Waals surface area contributed by atoms with Gasteiger partial charge in [0, 0.05) is 29.4 Å². The van der Waals surface area contributed by atoms with Crippen LogP contribution in [0.1, 0.15) is 89.5 Å². The van der Waals surface area contributed by atoms with Gasteiger partial charge in [0.15, 0.2) is 0 Å². The van der Waals surface area contributed by atoms with Gasteiger partial charge in [-0.1, -0.05) is 27.7 Å². The quantitative estimate of drug-likeness (QED) is 0.704. The first-order valence-corrected chi connectivity index (χ1v) is 11.9. The number of ketones is 1. The Morgan fingerprint density at radius 1 is 1.23 bits per heavy atom. The monoisotopic (exact) mass is 428 g/mol. The highest BCUT2D eigenvalue weighted by atomic mass is 16.5. The van der Waals surface area contributed by atoms with Crippen LogP contribution in [0.15, 0.2) is 6.07 Å². The lowest BCUT2D eigenvalue weighted by Gasteiger charge is -2.64. The number of phenolic OH excluding ortho intramolecular Hbond substituents is 1. The van der Waals surface area contributed by atoms with Crippen molar-refractivity contribution in [2.45, 2.75) is 97.6 Å². The molecule has 1 aromatic rings. The molecule has 0 amide bonds. The Labute approximate surface area is 185 Å². The van der Waals surface area contributed by atoms with Gasteiger partial charge in [-0.05, 0) is 61.5 Å². The molecule has 170 valence electrons. The number of ether oxygens (including phenoxy) is 2. The lowest BCUT2D eigenvalue weighted by atomic mass is 9.43. The largest absolute Gasteiger partial charge is 0.508 e. The van der Waals surface area contributed by atoms with E-state index in [-0.39, 0.29) is 34.6 Å². The highest BCUT2D eigenvalue weighted by molar-refractivity contribution is 5.77. The molecule has 2 heterocycles. The van der Waals surface area contributed by atoms with Crippen LogP contribution in [-0.2, 0) is 22.6 Å². The van der Waals surface area contributed by atoms with Crippen LogP contribution in [0.3, 0.4) is 0 Å². The summed E-state index contributed by atoms with van der Waals surface area (Å²) in [6.45, 7) is 11.0. The number of fused-ring (bicyclic) bond motifs is 5. The Bertz CT molecular complexity index is 936. The number of rotatable bonds is 2. The lowest BCUT2D eigenvalue weighted by Crippen LogP contribution is -2.66. The summed E-state index contributed by atoms with van der Waals surface area (Å²) in [6, 6.07) is 1.82. The van der Waals surface area contributed by atoms with Crippen LogP contribution in [0.25, 0.3) is 0 Å². The van der Waals surface area contributed by atoms with E-state index in [9.17, 15) is 15.0 Å². The van der Waals surface area contributed by atoms with Crippen molar-refractivity contribution in [1.82, 2.24) is 0 Å². The Morgan fingerprint density at radius 2 is 1.97 bits per heavy atom. The Kier molecular flexibility index (Phi) is 4.60. The Balaban J connectivity index is 1.62. The van der Waals surface area contributed by atoms with Gasteiger partial charge in [-0.2, -0.15) is 0 Å². The molecule has 0 saturated heterocycles.